The molecule has 192 valence electrons. The topological polar surface area (TPSA) is 88.9 Å². The maximum Gasteiger partial charge on any atom is 0.307 e. The summed E-state index contributed by atoms with van der Waals surface area (Å²) in [7, 11) is 0. The molecule has 6 nitrogen and oxygen atoms in total. The lowest BCUT2D eigenvalue weighted by Gasteiger charge is -2.13. The van der Waals surface area contributed by atoms with Crippen molar-refractivity contribution in [2.75, 3.05) is 6.61 Å². The van der Waals surface area contributed by atoms with E-state index in [1.54, 1.807) is 12.1 Å². The Bertz CT molecular complexity index is 1370. The first-order chi connectivity index (χ1) is 17.8. The number of aliphatic carboxylic acids is 1. The number of benzene rings is 2. The Morgan fingerprint density at radius 2 is 1.97 bits per heavy atom. The molecule has 0 aliphatic heterocycles. The second kappa shape index (κ2) is 9.14. The molecule has 0 radical (unpaired) electrons. The molecular weight excluding hydrogens is 473 g/mol. The zero-order valence-corrected chi connectivity index (χ0v) is 20.7. The van der Waals surface area contributed by atoms with Gasteiger partial charge in [-0.25, -0.2) is 9.37 Å². The fourth-order valence-electron chi connectivity index (χ4n) is 5.73. The van der Waals surface area contributed by atoms with Crippen molar-refractivity contribution in [2.45, 2.75) is 57.2 Å². The van der Waals surface area contributed by atoms with Crippen molar-refractivity contribution < 1.29 is 28.9 Å². The first kappa shape index (κ1) is 23.9. The lowest BCUT2D eigenvalue weighted by atomic mass is 10.0. The van der Waals surface area contributed by atoms with E-state index in [-0.39, 0.29) is 30.2 Å². The molecule has 0 saturated heterocycles. The van der Waals surface area contributed by atoms with Crippen LogP contribution in [0, 0.1) is 24.6 Å². The lowest BCUT2D eigenvalue weighted by molar-refractivity contribution is -0.139. The van der Waals surface area contributed by atoms with Crippen LogP contribution >= 0.6 is 0 Å². The minimum Gasteiger partial charge on any atom is -0.489 e. The molecular formula is C30H30FNO5. The van der Waals surface area contributed by atoms with E-state index in [0.29, 0.717) is 23.8 Å². The smallest absolute Gasteiger partial charge is 0.307 e. The highest BCUT2D eigenvalue weighted by Gasteiger charge is 2.59. The third kappa shape index (κ3) is 4.80. The van der Waals surface area contributed by atoms with Gasteiger partial charge >= 0.3 is 5.97 Å². The van der Waals surface area contributed by atoms with Crippen LogP contribution in [0.3, 0.4) is 0 Å². The number of hydrogen-bond donors (Lipinski definition) is 2. The van der Waals surface area contributed by atoms with Crippen LogP contribution in [0.15, 0.2) is 48.5 Å². The molecule has 1 heterocycles. The van der Waals surface area contributed by atoms with E-state index in [2.05, 4.69) is 4.98 Å². The van der Waals surface area contributed by atoms with E-state index in [4.69, 9.17) is 9.47 Å². The molecule has 3 atom stereocenters. The number of aromatic nitrogens is 1. The van der Waals surface area contributed by atoms with Crippen LogP contribution in [0.5, 0.6) is 11.6 Å². The SMILES string of the molecule is Cc1nc(OCCCC2(O)CC2)ccc1-c1ccc(F)c(COc2ccc3c(c2)CC2C(C(=O)O)C32)c1. The molecule has 2 N–H and O–H groups in total. The van der Waals surface area contributed by atoms with Crippen molar-refractivity contribution in [3.63, 3.8) is 0 Å². The van der Waals surface area contributed by atoms with Crippen LogP contribution in [0.4, 0.5) is 4.39 Å². The number of hydrogen-bond acceptors (Lipinski definition) is 5. The average Bonchev–Trinajstić information content (AvgIpc) is 3.76. The fourth-order valence-corrected chi connectivity index (χ4v) is 5.73. The second-order valence-electron chi connectivity index (χ2n) is 10.7. The lowest BCUT2D eigenvalue weighted by Crippen LogP contribution is -2.09. The number of rotatable bonds is 10. The highest BCUT2D eigenvalue weighted by molar-refractivity contribution is 5.78. The number of nitrogens with zero attached hydrogens (tertiary/aromatic N) is 1. The highest BCUT2D eigenvalue weighted by atomic mass is 19.1. The Balaban J connectivity index is 1.09. The average molecular weight is 504 g/mol. The van der Waals surface area contributed by atoms with Gasteiger partial charge in [-0.15, -0.1) is 0 Å². The van der Waals surface area contributed by atoms with Gasteiger partial charge in [-0.2, -0.15) is 0 Å². The van der Waals surface area contributed by atoms with Crippen LogP contribution in [0.25, 0.3) is 11.1 Å². The summed E-state index contributed by atoms with van der Waals surface area (Å²) in [5, 5.41) is 19.2. The molecule has 0 bridgehead atoms. The largest absolute Gasteiger partial charge is 0.489 e. The predicted octanol–water partition coefficient (Wildman–Crippen LogP) is 5.43. The number of carboxylic acids is 1. The Hall–Kier alpha value is -3.45. The third-order valence-electron chi connectivity index (χ3n) is 8.06. The van der Waals surface area contributed by atoms with Crippen LogP contribution in [-0.2, 0) is 17.8 Å². The Labute approximate surface area is 215 Å². The molecule has 6 rings (SSSR count). The summed E-state index contributed by atoms with van der Waals surface area (Å²) in [6, 6.07) is 14.5. The molecule has 3 aromatic rings. The van der Waals surface area contributed by atoms with Gasteiger partial charge < -0.3 is 19.7 Å². The van der Waals surface area contributed by atoms with Crippen molar-refractivity contribution in [3.05, 3.63) is 76.7 Å². The zero-order valence-electron chi connectivity index (χ0n) is 20.7. The number of ether oxygens (including phenoxy) is 2. The second-order valence-corrected chi connectivity index (χ2v) is 10.7. The third-order valence-corrected chi connectivity index (χ3v) is 8.06. The zero-order chi connectivity index (χ0) is 25.7. The van der Waals surface area contributed by atoms with Crippen LogP contribution in [0.2, 0.25) is 0 Å². The Morgan fingerprint density at radius 1 is 1.14 bits per heavy atom. The number of pyridine rings is 1. The predicted molar refractivity (Wildman–Crippen MR) is 135 cm³/mol. The van der Waals surface area contributed by atoms with Gasteiger partial charge in [0.2, 0.25) is 5.88 Å². The number of aliphatic hydroxyl groups is 1. The molecule has 3 unspecified atom stereocenters. The Morgan fingerprint density at radius 3 is 2.73 bits per heavy atom. The fraction of sp³-hybridized carbons (Fsp3) is 0.400. The van der Waals surface area contributed by atoms with Crippen molar-refractivity contribution in [3.8, 4) is 22.8 Å². The summed E-state index contributed by atoms with van der Waals surface area (Å²) in [4.78, 5) is 15.9. The highest BCUT2D eigenvalue weighted by Crippen LogP contribution is 2.61. The van der Waals surface area contributed by atoms with E-state index in [1.165, 1.54) is 6.07 Å². The summed E-state index contributed by atoms with van der Waals surface area (Å²) in [6.45, 7) is 2.50. The molecule has 0 amide bonds. The van der Waals surface area contributed by atoms with Crippen molar-refractivity contribution >= 4 is 5.97 Å². The van der Waals surface area contributed by atoms with Crippen molar-refractivity contribution in [1.82, 2.24) is 4.98 Å². The van der Waals surface area contributed by atoms with Crippen LogP contribution in [0.1, 0.15) is 54.0 Å². The number of halogens is 1. The maximum atomic E-state index is 14.6. The molecule has 1 aromatic heterocycles. The van der Waals surface area contributed by atoms with E-state index in [0.717, 1.165) is 60.1 Å². The van der Waals surface area contributed by atoms with Crippen LogP contribution in [-0.4, -0.2) is 33.4 Å². The number of carbonyl (C=O) groups is 1. The van der Waals surface area contributed by atoms with Crippen LogP contribution < -0.4 is 9.47 Å². The normalized spacial score (nSPS) is 22.2. The van der Waals surface area contributed by atoms with E-state index < -0.39 is 11.6 Å². The maximum absolute atomic E-state index is 14.6. The molecule has 2 aromatic carbocycles. The minimum absolute atomic E-state index is 0.0864. The molecule has 3 aliphatic carbocycles. The standard InChI is InChI=1S/C30H30FNO5/c1-17-22(6-8-26(32-17)36-12-2-9-30(35)10-11-30)18-3-7-25(31)20(13-18)16-37-21-4-5-23-19(14-21)15-24-27(23)28(24)29(33)34/h3-8,13-14,24,27-28,35H,2,9-12,15-16H2,1H3,(H,33,34). The van der Waals surface area contributed by atoms with Gasteiger partial charge in [-0.05, 0) is 92.0 Å². The number of aryl methyl sites for hydroxylation is 1. The number of carboxylic acid groups (broad SMARTS) is 1. The molecule has 37 heavy (non-hydrogen) atoms. The summed E-state index contributed by atoms with van der Waals surface area (Å²) < 4.78 is 26.3. The molecule has 0 spiro atoms. The van der Waals surface area contributed by atoms with E-state index in [9.17, 15) is 19.4 Å². The van der Waals surface area contributed by atoms with Gasteiger partial charge in [0.05, 0.1) is 18.1 Å². The quantitative estimate of drug-likeness (QED) is 0.359. The van der Waals surface area contributed by atoms with Gasteiger partial charge in [0, 0.05) is 28.8 Å². The van der Waals surface area contributed by atoms with Crippen molar-refractivity contribution in [2.24, 2.45) is 11.8 Å². The summed E-state index contributed by atoms with van der Waals surface area (Å²) in [5.41, 5.74) is 4.75. The Kier molecular flexibility index (Phi) is 5.91. The summed E-state index contributed by atoms with van der Waals surface area (Å²) in [6.07, 6.45) is 4.06. The van der Waals surface area contributed by atoms with Crippen molar-refractivity contribution in [1.29, 1.82) is 0 Å². The van der Waals surface area contributed by atoms with Gasteiger partial charge in [-0.3, -0.25) is 4.79 Å². The van der Waals surface area contributed by atoms with Gasteiger partial charge in [-0.1, -0.05) is 12.1 Å². The first-order valence-corrected chi connectivity index (χ1v) is 12.9. The monoisotopic (exact) mass is 503 g/mol. The molecule has 2 fully saturated rings. The summed E-state index contributed by atoms with van der Waals surface area (Å²) >= 11 is 0. The van der Waals surface area contributed by atoms with Gasteiger partial charge in [0.25, 0.3) is 0 Å². The first-order valence-electron chi connectivity index (χ1n) is 12.9. The molecule has 7 heteroatoms. The minimum atomic E-state index is -0.714. The molecule has 3 aliphatic rings. The van der Waals surface area contributed by atoms with E-state index in [1.807, 2.05) is 37.3 Å². The number of fused-ring (bicyclic) bond motifs is 3. The van der Waals surface area contributed by atoms with Gasteiger partial charge in [0.1, 0.15) is 18.2 Å². The van der Waals surface area contributed by atoms with Gasteiger partial charge in [0.15, 0.2) is 0 Å². The van der Waals surface area contributed by atoms with E-state index >= 15 is 0 Å². The molecule has 2 saturated carbocycles. The summed E-state index contributed by atoms with van der Waals surface area (Å²) in [5.74, 6) is 0.214.